The van der Waals surface area contributed by atoms with E-state index in [1.54, 1.807) is 23.6 Å². The van der Waals surface area contributed by atoms with Crippen LogP contribution in [0.1, 0.15) is 5.69 Å². The first-order valence-electron chi connectivity index (χ1n) is 8.17. The molecule has 4 rings (SSSR count). The van der Waals surface area contributed by atoms with Crippen molar-refractivity contribution in [3.63, 3.8) is 0 Å². The van der Waals surface area contributed by atoms with Crippen LogP contribution in [0, 0.1) is 0 Å². The standard InChI is InChI=1S/C18H14N4O3S3/c23-16(21-17-20-14-8-4-5-9-15(14)27-17)10-12-11-26-18(19-12)22-28(24,25)13-6-2-1-3-7-13/h1-9,11H,10H2,(H,19,22)(H,20,21,23). The molecule has 0 unspecified atom stereocenters. The monoisotopic (exact) mass is 430 g/mol. The lowest BCUT2D eigenvalue weighted by Gasteiger charge is -2.04. The summed E-state index contributed by atoms with van der Waals surface area (Å²) in [4.78, 5) is 21.0. The smallest absolute Gasteiger partial charge is 0.263 e. The van der Waals surface area contributed by atoms with E-state index >= 15 is 0 Å². The van der Waals surface area contributed by atoms with Gasteiger partial charge in [0.15, 0.2) is 10.3 Å². The molecule has 142 valence electrons. The average Bonchev–Trinajstić information content (AvgIpc) is 3.27. The number of sulfonamides is 1. The van der Waals surface area contributed by atoms with E-state index < -0.39 is 10.0 Å². The van der Waals surface area contributed by atoms with E-state index in [0.29, 0.717) is 10.8 Å². The third-order valence-electron chi connectivity index (χ3n) is 3.71. The molecule has 0 aliphatic carbocycles. The van der Waals surface area contributed by atoms with Crippen LogP contribution in [0.15, 0.2) is 64.9 Å². The fourth-order valence-electron chi connectivity index (χ4n) is 2.46. The molecule has 0 saturated heterocycles. The number of nitrogens with zero attached hydrogens (tertiary/aromatic N) is 2. The topological polar surface area (TPSA) is 101 Å². The van der Waals surface area contributed by atoms with Crippen LogP contribution in [0.25, 0.3) is 10.2 Å². The van der Waals surface area contributed by atoms with Gasteiger partial charge in [0, 0.05) is 5.38 Å². The molecule has 0 radical (unpaired) electrons. The zero-order valence-corrected chi connectivity index (χ0v) is 16.8. The predicted octanol–water partition coefficient (Wildman–Crippen LogP) is 3.73. The molecular weight excluding hydrogens is 416 g/mol. The second-order valence-electron chi connectivity index (χ2n) is 5.77. The van der Waals surface area contributed by atoms with Crippen LogP contribution < -0.4 is 10.0 Å². The number of rotatable bonds is 6. The van der Waals surface area contributed by atoms with Crippen LogP contribution in [-0.4, -0.2) is 24.3 Å². The van der Waals surface area contributed by atoms with Crippen molar-refractivity contribution < 1.29 is 13.2 Å². The number of anilines is 2. The molecular formula is C18H14N4O3S3. The number of thiazole rings is 2. The summed E-state index contributed by atoms with van der Waals surface area (Å²) in [7, 11) is -3.70. The summed E-state index contributed by atoms with van der Waals surface area (Å²) in [6, 6.07) is 15.7. The lowest BCUT2D eigenvalue weighted by atomic mass is 10.3. The van der Waals surface area contributed by atoms with Crippen molar-refractivity contribution in [3.8, 4) is 0 Å². The Morgan fingerprint density at radius 1 is 0.964 bits per heavy atom. The molecule has 10 heteroatoms. The van der Waals surface area contributed by atoms with Crippen LogP contribution >= 0.6 is 22.7 Å². The van der Waals surface area contributed by atoms with Crippen LogP contribution in [0.4, 0.5) is 10.3 Å². The van der Waals surface area contributed by atoms with Crippen LogP contribution in [0.3, 0.4) is 0 Å². The number of hydrogen-bond donors (Lipinski definition) is 2. The second-order valence-corrected chi connectivity index (χ2v) is 9.35. The summed E-state index contributed by atoms with van der Waals surface area (Å²) >= 11 is 2.52. The molecule has 7 nitrogen and oxygen atoms in total. The van der Waals surface area contributed by atoms with Crippen LogP contribution in [0.2, 0.25) is 0 Å². The summed E-state index contributed by atoms with van der Waals surface area (Å²) in [6.07, 6.45) is 0.0273. The van der Waals surface area contributed by atoms with E-state index in [2.05, 4.69) is 20.0 Å². The minimum Gasteiger partial charge on any atom is -0.302 e. The van der Waals surface area contributed by atoms with Gasteiger partial charge < -0.3 is 5.32 Å². The molecule has 28 heavy (non-hydrogen) atoms. The van der Waals surface area contributed by atoms with E-state index in [4.69, 9.17) is 0 Å². The zero-order chi connectivity index (χ0) is 19.6. The highest BCUT2D eigenvalue weighted by Crippen LogP contribution is 2.26. The molecule has 0 saturated carbocycles. The Labute approximate surface area is 169 Å². The maximum absolute atomic E-state index is 12.3. The highest BCUT2D eigenvalue weighted by atomic mass is 32.2. The van der Waals surface area contributed by atoms with Crippen molar-refractivity contribution in [2.24, 2.45) is 0 Å². The van der Waals surface area contributed by atoms with E-state index in [0.717, 1.165) is 21.6 Å². The molecule has 0 bridgehead atoms. The lowest BCUT2D eigenvalue weighted by molar-refractivity contribution is -0.115. The SMILES string of the molecule is O=C(Cc1csc(NS(=O)(=O)c2ccccc2)n1)Nc1nc2ccccc2s1. The van der Waals surface area contributed by atoms with Gasteiger partial charge in [-0.15, -0.1) is 11.3 Å². The number of para-hydroxylation sites is 1. The average molecular weight is 431 g/mol. The van der Waals surface area contributed by atoms with Gasteiger partial charge in [0.05, 0.1) is 27.2 Å². The number of amides is 1. The lowest BCUT2D eigenvalue weighted by Crippen LogP contribution is -2.15. The second kappa shape index (κ2) is 7.66. The van der Waals surface area contributed by atoms with Gasteiger partial charge in [-0.1, -0.05) is 41.7 Å². The number of aromatic nitrogens is 2. The van der Waals surface area contributed by atoms with Crippen molar-refractivity contribution in [2.75, 3.05) is 10.0 Å². The van der Waals surface area contributed by atoms with Crippen molar-refractivity contribution in [1.82, 2.24) is 9.97 Å². The third kappa shape index (κ3) is 4.19. The fourth-order valence-corrected chi connectivity index (χ4v) is 5.33. The van der Waals surface area contributed by atoms with Crippen LogP contribution in [0.5, 0.6) is 0 Å². The highest BCUT2D eigenvalue weighted by Gasteiger charge is 2.16. The van der Waals surface area contributed by atoms with E-state index in [9.17, 15) is 13.2 Å². The molecule has 4 aromatic rings. The van der Waals surface area contributed by atoms with Gasteiger partial charge >= 0.3 is 0 Å². The number of benzene rings is 2. The molecule has 2 N–H and O–H groups in total. The Morgan fingerprint density at radius 2 is 1.71 bits per heavy atom. The Kier molecular flexibility index (Phi) is 5.07. The first-order chi connectivity index (χ1) is 13.5. The van der Waals surface area contributed by atoms with Crippen molar-refractivity contribution in [1.29, 1.82) is 0 Å². The Bertz CT molecular complexity index is 1200. The van der Waals surface area contributed by atoms with E-state index in [1.165, 1.54) is 23.5 Å². The number of nitrogens with one attached hydrogen (secondary N) is 2. The maximum atomic E-state index is 12.3. The summed E-state index contributed by atoms with van der Waals surface area (Å²) in [6.45, 7) is 0. The quantitative estimate of drug-likeness (QED) is 0.485. The Balaban J connectivity index is 1.41. The predicted molar refractivity (Wildman–Crippen MR) is 111 cm³/mol. The summed E-state index contributed by atoms with van der Waals surface area (Å²) < 4.78 is 28.1. The van der Waals surface area contributed by atoms with Gasteiger partial charge in [0.2, 0.25) is 5.91 Å². The third-order valence-corrected chi connectivity index (χ3v) is 6.95. The molecule has 1 amide bonds. The molecule has 0 fully saturated rings. The van der Waals surface area contributed by atoms with E-state index in [-0.39, 0.29) is 22.4 Å². The Morgan fingerprint density at radius 3 is 2.50 bits per heavy atom. The van der Waals surface area contributed by atoms with Crippen molar-refractivity contribution in [3.05, 3.63) is 65.7 Å². The molecule has 0 spiro atoms. The Hall–Kier alpha value is -2.82. The zero-order valence-electron chi connectivity index (χ0n) is 14.3. The van der Waals surface area contributed by atoms with Gasteiger partial charge in [-0.05, 0) is 24.3 Å². The summed E-state index contributed by atoms with van der Waals surface area (Å²) in [5, 5.41) is 5.15. The number of hydrogen-bond acceptors (Lipinski definition) is 7. The highest BCUT2D eigenvalue weighted by molar-refractivity contribution is 7.93. The molecule has 0 aliphatic heterocycles. The van der Waals surface area contributed by atoms with E-state index in [1.807, 2.05) is 24.3 Å². The number of fused-ring (bicyclic) bond motifs is 1. The largest absolute Gasteiger partial charge is 0.302 e. The van der Waals surface area contributed by atoms with Gasteiger partial charge in [0.25, 0.3) is 10.0 Å². The van der Waals surface area contributed by atoms with Gasteiger partial charge in [-0.25, -0.2) is 18.4 Å². The van der Waals surface area contributed by atoms with Gasteiger partial charge in [-0.2, -0.15) is 0 Å². The molecule has 0 atom stereocenters. The number of carbonyl (C=O) groups excluding carboxylic acids is 1. The molecule has 2 aromatic carbocycles. The van der Waals surface area contributed by atoms with Gasteiger partial charge in [0.1, 0.15) is 0 Å². The molecule has 2 heterocycles. The summed E-state index contributed by atoms with van der Waals surface area (Å²) in [5.41, 5.74) is 1.31. The minimum atomic E-state index is -3.70. The minimum absolute atomic E-state index is 0.0273. The first-order valence-corrected chi connectivity index (χ1v) is 11.4. The van der Waals surface area contributed by atoms with Gasteiger partial charge in [-0.3, -0.25) is 9.52 Å². The fraction of sp³-hybridized carbons (Fsp3) is 0.0556. The molecule has 0 aliphatic rings. The maximum Gasteiger partial charge on any atom is 0.263 e. The van der Waals surface area contributed by atoms with Crippen LogP contribution in [-0.2, 0) is 21.2 Å². The molecule has 2 aromatic heterocycles. The normalized spacial score (nSPS) is 11.4. The van der Waals surface area contributed by atoms with Crippen molar-refractivity contribution in [2.45, 2.75) is 11.3 Å². The first kappa shape index (κ1) is 18.5. The summed E-state index contributed by atoms with van der Waals surface area (Å²) in [5.74, 6) is -0.262. The number of carbonyl (C=O) groups is 1. The van der Waals surface area contributed by atoms with Crippen molar-refractivity contribution >= 4 is 59.1 Å².